The molecule has 0 unspecified atom stereocenters. The first-order chi connectivity index (χ1) is 9.28. The van der Waals surface area contributed by atoms with Gasteiger partial charge in [-0.3, -0.25) is 0 Å². The largest absolute Gasteiger partial charge is 0.384 e. The van der Waals surface area contributed by atoms with Crippen LogP contribution in [0.1, 0.15) is 31.1 Å². The van der Waals surface area contributed by atoms with Crippen LogP contribution < -0.4 is 5.73 Å². The molecular weight excluding hydrogens is 272 g/mol. The van der Waals surface area contributed by atoms with Gasteiger partial charge in [-0.1, -0.05) is 18.2 Å². The smallest absolute Gasteiger partial charge is 0.210 e. The van der Waals surface area contributed by atoms with E-state index in [1.165, 1.54) is 0 Å². The number of aromatic nitrogens is 1. The predicted molar refractivity (Wildman–Crippen MR) is 80.6 cm³/mol. The molecule has 4 nitrogen and oxygen atoms in total. The van der Waals surface area contributed by atoms with Crippen LogP contribution >= 0.6 is 0 Å². The molecule has 1 heterocycles. The van der Waals surface area contributed by atoms with Crippen LogP contribution in [-0.2, 0) is 9.84 Å². The van der Waals surface area contributed by atoms with Gasteiger partial charge >= 0.3 is 0 Å². The van der Waals surface area contributed by atoms with E-state index in [0.29, 0.717) is 5.82 Å². The molecule has 5 heteroatoms. The zero-order valence-electron chi connectivity index (χ0n) is 12.2. The van der Waals surface area contributed by atoms with Crippen LogP contribution in [0.15, 0.2) is 40.1 Å². The lowest BCUT2D eigenvalue weighted by atomic mass is 10.3. The summed E-state index contributed by atoms with van der Waals surface area (Å²) in [5.74, 6) is 0.318. The molecule has 0 aliphatic rings. The molecule has 108 valence electrons. The third-order valence-electron chi connectivity index (χ3n) is 3.58. The van der Waals surface area contributed by atoms with Gasteiger partial charge in [-0.2, -0.15) is 0 Å². The Morgan fingerprint density at radius 3 is 2.10 bits per heavy atom. The molecule has 0 aliphatic carbocycles. The lowest BCUT2D eigenvalue weighted by Crippen LogP contribution is -2.10. The lowest BCUT2D eigenvalue weighted by molar-refractivity contribution is 0.589. The lowest BCUT2D eigenvalue weighted by Gasteiger charge is -2.13. The number of rotatable bonds is 3. The van der Waals surface area contributed by atoms with E-state index in [1.54, 1.807) is 37.3 Å². The average molecular weight is 292 g/mol. The Morgan fingerprint density at radius 2 is 1.65 bits per heavy atom. The maximum atomic E-state index is 12.8. The Kier molecular flexibility index (Phi) is 3.65. The summed E-state index contributed by atoms with van der Waals surface area (Å²) in [5, 5.41) is 0. The van der Waals surface area contributed by atoms with Crippen LogP contribution in [0.4, 0.5) is 5.82 Å². The van der Waals surface area contributed by atoms with Gasteiger partial charge in [0.05, 0.1) is 4.90 Å². The Morgan fingerprint density at radius 1 is 1.10 bits per heavy atom. The quantitative estimate of drug-likeness (QED) is 0.945. The zero-order valence-corrected chi connectivity index (χ0v) is 13.0. The van der Waals surface area contributed by atoms with E-state index in [1.807, 2.05) is 25.3 Å². The summed E-state index contributed by atoms with van der Waals surface area (Å²) in [6.45, 7) is 7.68. The van der Waals surface area contributed by atoms with E-state index in [2.05, 4.69) is 0 Å². The molecule has 0 fully saturated rings. The fourth-order valence-electron chi connectivity index (χ4n) is 2.55. The minimum absolute atomic E-state index is 0.119. The van der Waals surface area contributed by atoms with E-state index < -0.39 is 9.84 Å². The summed E-state index contributed by atoms with van der Waals surface area (Å²) in [7, 11) is -3.58. The van der Waals surface area contributed by atoms with Crippen LogP contribution in [-0.4, -0.2) is 13.0 Å². The molecule has 1 aromatic heterocycles. The van der Waals surface area contributed by atoms with Gasteiger partial charge in [-0.25, -0.2) is 8.42 Å². The molecule has 0 spiro atoms. The van der Waals surface area contributed by atoms with E-state index >= 15 is 0 Å². The number of sulfone groups is 1. The van der Waals surface area contributed by atoms with Crippen LogP contribution in [0.25, 0.3) is 0 Å². The highest BCUT2D eigenvalue weighted by Crippen LogP contribution is 2.35. The first kappa shape index (κ1) is 14.7. The molecule has 0 radical (unpaired) electrons. The monoisotopic (exact) mass is 292 g/mol. The van der Waals surface area contributed by atoms with E-state index in [4.69, 9.17) is 5.73 Å². The second-order valence-corrected chi connectivity index (χ2v) is 7.09. The van der Waals surface area contributed by atoms with Gasteiger partial charge in [0, 0.05) is 11.7 Å². The molecule has 2 aromatic rings. The molecular formula is C15H20N2O2S. The number of hydrogen-bond donors (Lipinski definition) is 1. The summed E-state index contributed by atoms with van der Waals surface area (Å²) < 4.78 is 27.4. The Hall–Kier alpha value is -1.75. The molecule has 0 bridgehead atoms. The summed E-state index contributed by atoms with van der Waals surface area (Å²) in [6.07, 6.45) is 0. The van der Waals surface area contributed by atoms with Crippen molar-refractivity contribution in [2.75, 3.05) is 5.73 Å². The van der Waals surface area contributed by atoms with Crippen molar-refractivity contribution in [1.29, 1.82) is 0 Å². The first-order valence-electron chi connectivity index (χ1n) is 6.55. The van der Waals surface area contributed by atoms with Crippen molar-refractivity contribution >= 4 is 15.7 Å². The van der Waals surface area contributed by atoms with E-state index in [-0.39, 0.29) is 15.8 Å². The van der Waals surface area contributed by atoms with Crippen molar-refractivity contribution in [3.63, 3.8) is 0 Å². The predicted octanol–water partition coefficient (Wildman–Crippen LogP) is 3.10. The highest BCUT2D eigenvalue weighted by atomic mass is 32.2. The topological polar surface area (TPSA) is 65.1 Å². The van der Waals surface area contributed by atoms with Crippen molar-refractivity contribution in [1.82, 2.24) is 4.57 Å². The molecule has 2 N–H and O–H groups in total. The number of anilines is 1. The molecule has 0 amide bonds. The second kappa shape index (κ2) is 4.98. The Labute approximate surface area is 120 Å². The molecule has 0 aliphatic heterocycles. The number of benzene rings is 1. The minimum atomic E-state index is -3.58. The van der Waals surface area contributed by atoms with Crippen LogP contribution in [0.2, 0.25) is 0 Å². The molecule has 1 aromatic carbocycles. The van der Waals surface area contributed by atoms with Gasteiger partial charge < -0.3 is 10.3 Å². The summed E-state index contributed by atoms with van der Waals surface area (Å²) in [4.78, 5) is 0.505. The minimum Gasteiger partial charge on any atom is -0.384 e. The molecule has 0 atom stereocenters. The summed E-state index contributed by atoms with van der Waals surface area (Å²) >= 11 is 0. The highest BCUT2D eigenvalue weighted by molar-refractivity contribution is 7.91. The van der Waals surface area contributed by atoms with Gasteiger partial charge in [0.25, 0.3) is 0 Å². The average Bonchev–Trinajstić information content (AvgIpc) is 2.61. The van der Waals surface area contributed by atoms with Gasteiger partial charge in [0.2, 0.25) is 9.84 Å². The van der Waals surface area contributed by atoms with Crippen LogP contribution in [0.5, 0.6) is 0 Å². The van der Waals surface area contributed by atoms with Gasteiger partial charge in [0.1, 0.15) is 10.7 Å². The molecule has 0 saturated heterocycles. The summed E-state index contributed by atoms with van der Waals surface area (Å²) in [6, 6.07) is 8.52. The normalized spacial score (nSPS) is 12.1. The third-order valence-corrected chi connectivity index (χ3v) is 5.52. The van der Waals surface area contributed by atoms with Crippen LogP contribution in [0, 0.1) is 13.8 Å². The van der Waals surface area contributed by atoms with Crippen molar-refractivity contribution in [2.24, 2.45) is 0 Å². The highest BCUT2D eigenvalue weighted by Gasteiger charge is 2.28. The molecule has 0 saturated carbocycles. The molecule has 2 rings (SSSR count). The number of nitrogens with two attached hydrogens (primary N) is 1. The standard InChI is InChI=1S/C15H20N2O2S/c1-10(2)17-12(4)11(3)14(15(17)16)20(18,19)13-8-6-5-7-9-13/h5-10H,16H2,1-4H3. The van der Waals surface area contributed by atoms with Crippen molar-refractivity contribution in [3.8, 4) is 0 Å². The molecule has 20 heavy (non-hydrogen) atoms. The number of nitrogens with zero attached hydrogens (tertiary/aromatic N) is 1. The summed E-state index contributed by atoms with van der Waals surface area (Å²) in [5.41, 5.74) is 7.73. The Balaban J connectivity index is 2.75. The maximum Gasteiger partial charge on any atom is 0.210 e. The Bertz CT molecular complexity index is 729. The fraction of sp³-hybridized carbons (Fsp3) is 0.333. The fourth-order valence-corrected chi connectivity index (χ4v) is 4.22. The zero-order chi connectivity index (χ0) is 15.1. The van der Waals surface area contributed by atoms with E-state index in [0.717, 1.165) is 11.3 Å². The number of nitrogen functional groups attached to an aromatic ring is 1. The third kappa shape index (κ3) is 2.12. The van der Waals surface area contributed by atoms with Crippen molar-refractivity contribution in [3.05, 3.63) is 41.6 Å². The maximum absolute atomic E-state index is 12.8. The SMILES string of the molecule is Cc1c(S(=O)(=O)c2ccccc2)c(N)n(C(C)C)c1C. The van der Waals surface area contributed by atoms with Crippen LogP contribution in [0.3, 0.4) is 0 Å². The van der Waals surface area contributed by atoms with Gasteiger partial charge in [-0.15, -0.1) is 0 Å². The number of hydrogen-bond acceptors (Lipinski definition) is 3. The first-order valence-corrected chi connectivity index (χ1v) is 8.03. The van der Waals surface area contributed by atoms with Gasteiger partial charge in [-0.05, 0) is 45.4 Å². The van der Waals surface area contributed by atoms with E-state index in [9.17, 15) is 8.42 Å². The van der Waals surface area contributed by atoms with Gasteiger partial charge in [0.15, 0.2) is 0 Å². The van der Waals surface area contributed by atoms with Crippen molar-refractivity contribution < 1.29 is 8.42 Å². The van der Waals surface area contributed by atoms with Crippen molar-refractivity contribution in [2.45, 2.75) is 43.5 Å². The second-order valence-electron chi connectivity index (χ2n) is 5.21.